The van der Waals surface area contributed by atoms with E-state index in [-0.39, 0.29) is 11.8 Å². The number of amides is 2. The minimum Gasteiger partial charge on any atom is -0.324 e. The van der Waals surface area contributed by atoms with E-state index in [2.05, 4.69) is 5.32 Å². The summed E-state index contributed by atoms with van der Waals surface area (Å²) in [5, 5.41) is 4.80. The van der Waals surface area contributed by atoms with Gasteiger partial charge >= 0.3 is 0 Å². The van der Waals surface area contributed by atoms with E-state index in [4.69, 9.17) is 0 Å². The number of anilines is 2. The van der Waals surface area contributed by atoms with E-state index in [0.717, 1.165) is 22.1 Å². The first-order valence-corrected chi connectivity index (χ1v) is 7.88. The molecule has 1 heterocycles. The quantitative estimate of drug-likeness (QED) is 0.798. The fraction of sp³-hybridized carbons (Fsp3) is 0.100. The van der Waals surface area contributed by atoms with Crippen molar-refractivity contribution in [1.29, 1.82) is 0 Å². The molecule has 4 rings (SSSR count). The fourth-order valence-corrected chi connectivity index (χ4v) is 3.21. The van der Waals surface area contributed by atoms with E-state index >= 15 is 0 Å². The zero-order valence-electron chi connectivity index (χ0n) is 13.2. The molecule has 0 saturated carbocycles. The molecule has 2 amide bonds. The van der Waals surface area contributed by atoms with E-state index in [1.807, 2.05) is 66.7 Å². The van der Waals surface area contributed by atoms with Crippen molar-refractivity contribution in [2.24, 2.45) is 0 Å². The fourth-order valence-electron chi connectivity index (χ4n) is 3.21. The molecule has 3 aromatic carbocycles. The molecule has 0 radical (unpaired) electrons. The second-order valence-corrected chi connectivity index (χ2v) is 5.89. The van der Waals surface area contributed by atoms with Crippen LogP contribution in [0.5, 0.6) is 0 Å². The number of hydrogen-bond donors (Lipinski definition) is 1. The number of nitrogens with one attached hydrogen (secondary N) is 1. The highest BCUT2D eigenvalue weighted by atomic mass is 16.2. The number of carbonyl (C=O) groups excluding carboxylic acids is 2. The number of carbonyl (C=O) groups is 2. The molecule has 0 aliphatic carbocycles. The SMILES string of the molecule is C[C@H](C(=O)Nc1ccccc1)N1C(=O)c2cccc3cccc1c23. The van der Waals surface area contributed by atoms with Crippen LogP contribution in [0, 0.1) is 0 Å². The van der Waals surface area contributed by atoms with Crippen LogP contribution >= 0.6 is 0 Å². The Kier molecular flexibility index (Phi) is 3.31. The van der Waals surface area contributed by atoms with Crippen LogP contribution in [0.3, 0.4) is 0 Å². The smallest absolute Gasteiger partial charge is 0.259 e. The Hall–Kier alpha value is -3.14. The Labute approximate surface area is 139 Å². The van der Waals surface area contributed by atoms with Crippen LogP contribution in [0.15, 0.2) is 66.7 Å². The van der Waals surface area contributed by atoms with Crippen LogP contribution in [0.25, 0.3) is 10.8 Å². The third-order valence-electron chi connectivity index (χ3n) is 4.40. The minimum atomic E-state index is -0.601. The van der Waals surface area contributed by atoms with Gasteiger partial charge in [0.05, 0.1) is 5.69 Å². The molecule has 0 fully saturated rings. The lowest BCUT2D eigenvalue weighted by Crippen LogP contribution is -2.44. The first-order valence-electron chi connectivity index (χ1n) is 7.88. The van der Waals surface area contributed by atoms with Crippen molar-refractivity contribution in [2.75, 3.05) is 10.2 Å². The van der Waals surface area contributed by atoms with Crippen molar-refractivity contribution in [3.63, 3.8) is 0 Å². The molecule has 4 nitrogen and oxygen atoms in total. The first-order chi connectivity index (χ1) is 11.7. The Morgan fingerprint density at radius 3 is 2.42 bits per heavy atom. The van der Waals surface area contributed by atoms with Gasteiger partial charge in [0.25, 0.3) is 5.91 Å². The largest absolute Gasteiger partial charge is 0.324 e. The van der Waals surface area contributed by atoms with Crippen molar-refractivity contribution >= 4 is 34.0 Å². The molecule has 1 aliphatic rings. The number of hydrogen-bond acceptors (Lipinski definition) is 2. The van der Waals surface area contributed by atoms with Crippen LogP contribution < -0.4 is 10.2 Å². The molecule has 0 aromatic heterocycles. The summed E-state index contributed by atoms with van der Waals surface area (Å²) in [5.74, 6) is -0.336. The lowest BCUT2D eigenvalue weighted by Gasteiger charge is -2.24. The van der Waals surface area contributed by atoms with E-state index in [1.165, 1.54) is 0 Å². The monoisotopic (exact) mass is 316 g/mol. The molecule has 1 atom stereocenters. The molecule has 0 saturated heterocycles. The molecule has 0 spiro atoms. The topological polar surface area (TPSA) is 49.4 Å². The molecule has 118 valence electrons. The first kappa shape index (κ1) is 14.5. The summed E-state index contributed by atoms with van der Waals surface area (Å²) in [6, 6.07) is 20.1. The van der Waals surface area contributed by atoms with Crippen molar-refractivity contribution in [3.05, 3.63) is 72.3 Å². The summed E-state index contributed by atoms with van der Waals surface area (Å²) in [6.45, 7) is 1.75. The van der Waals surface area contributed by atoms with Gasteiger partial charge in [-0.05, 0) is 36.6 Å². The third-order valence-corrected chi connectivity index (χ3v) is 4.40. The second kappa shape index (κ2) is 5.49. The van der Waals surface area contributed by atoms with Crippen LogP contribution in [-0.4, -0.2) is 17.9 Å². The van der Waals surface area contributed by atoms with Crippen molar-refractivity contribution in [2.45, 2.75) is 13.0 Å². The normalized spacial score (nSPS) is 14.0. The molecule has 1 aliphatic heterocycles. The van der Waals surface area contributed by atoms with Crippen LogP contribution in [0.4, 0.5) is 11.4 Å². The van der Waals surface area contributed by atoms with Gasteiger partial charge < -0.3 is 5.32 Å². The average molecular weight is 316 g/mol. The van der Waals surface area contributed by atoms with Gasteiger partial charge in [-0.2, -0.15) is 0 Å². The van der Waals surface area contributed by atoms with Crippen LogP contribution in [-0.2, 0) is 4.79 Å². The average Bonchev–Trinajstić information content (AvgIpc) is 2.90. The molecule has 4 heteroatoms. The predicted molar refractivity (Wildman–Crippen MR) is 95.3 cm³/mol. The van der Waals surface area contributed by atoms with Gasteiger partial charge in [0.15, 0.2) is 0 Å². The van der Waals surface area contributed by atoms with Crippen molar-refractivity contribution in [3.8, 4) is 0 Å². The van der Waals surface area contributed by atoms with Gasteiger partial charge in [-0.3, -0.25) is 14.5 Å². The molecule has 0 bridgehead atoms. The molecular weight excluding hydrogens is 300 g/mol. The highest BCUT2D eigenvalue weighted by molar-refractivity contribution is 6.26. The van der Waals surface area contributed by atoms with Gasteiger partial charge in [-0.1, -0.05) is 42.5 Å². The van der Waals surface area contributed by atoms with Crippen molar-refractivity contribution < 1.29 is 9.59 Å². The van der Waals surface area contributed by atoms with Gasteiger partial charge in [0.2, 0.25) is 5.91 Å². The zero-order valence-corrected chi connectivity index (χ0v) is 13.2. The van der Waals surface area contributed by atoms with Crippen molar-refractivity contribution in [1.82, 2.24) is 0 Å². The van der Waals surface area contributed by atoms with Gasteiger partial charge in [0, 0.05) is 16.6 Å². The highest BCUT2D eigenvalue weighted by Gasteiger charge is 2.35. The zero-order chi connectivity index (χ0) is 16.7. The third kappa shape index (κ3) is 2.15. The molecule has 0 unspecified atom stereocenters. The van der Waals surface area contributed by atoms with Crippen LogP contribution in [0.2, 0.25) is 0 Å². The summed E-state index contributed by atoms with van der Waals surface area (Å²) < 4.78 is 0. The summed E-state index contributed by atoms with van der Waals surface area (Å²) in [4.78, 5) is 27.0. The Morgan fingerprint density at radius 2 is 1.67 bits per heavy atom. The lowest BCUT2D eigenvalue weighted by atomic mass is 10.1. The summed E-state index contributed by atoms with van der Waals surface area (Å²) in [6.07, 6.45) is 0. The molecule has 1 N–H and O–H groups in total. The van der Waals surface area contributed by atoms with E-state index in [1.54, 1.807) is 11.8 Å². The lowest BCUT2D eigenvalue weighted by molar-refractivity contribution is -0.117. The van der Waals surface area contributed by atoms with E-state index in [9.17, 15) is 9.59 Å². The predicted octanol–water partition coefficient (Wildman–Crippen LogP) is 3.83. The standard InChI is InChI=1S/C20H16N2O2/c1-13(19(23)21-15-9-3-2-4-10-15)22-17-12-6-8-14-7-5-11-16(18(14)17)20(22)24/h2-13H,1H3,(H,21,23)/t13-/m1/s1. The molecule has 3 aromatic rings. The molecule has 24 heavy (non-hydrogen) atoms. The number of rotatable bonds is 3. The van der Waals surface area contributed by atoms with Gasteiger partial charge in [-0.15, -0.1) is 0 Å². The minimum absolute atomic E-state index is 0.127. The summed E-state index contributed by atoms with van der Waals surface area (Å²) in [5.41, 5.74) is 2.17. The van der Waals surface area contributed by atoms with E-state index in [0.29, 0.717) is 5.56 Å². The highest BCUT2D eigenvalue weighted by Crippen LogP contribution is 2.38. The maximum atomic E-state index is 12.8. The Morgan fingerprint density at radius 1 is 0.958 bits per heavy atom. The summed E-state index contributed by atoms with van der Waals surface area (Å²) in [7, 11) is 0. The maximum Gasteiger partial charge on any atom is 0.259 e. The molecular formula is C20H16N2O2. The van der Waals surface area contributed by atoms with Gasteiger partial charge in [0.1, 0.15) is 6.04 Å². The number of benzene rings is 3. The summed E-state index contributed by atoms with van der Waals surface area (Å²) >= 11 is 0. The number of nitrogens with zero attached hydrogens (tertiary/aromatic N) is 1. The second-order valence-electron chi connectivity index (χ2n) is 5.89. The van der Waals surface area contributed by atoms with Crippen LogP contribution in [0.1, 0.15) is 17.3 Å². The van der Waals surface area contributed by atoms with E-state index < -0.39 is 6.04 Å². The Balaban J connectivity index is 1.69. The Bertz CT molecular complexity index is 945. The number of para-hydroxylation sites is 1. The maximum absolute atomic E-state index is 12.8. The van der Waals surface area contributed by atoms with Gasteiger partial charge in [-0.25, -0.2) is 0 Å².